The molecule has 0 aliphatic carbocycles. The summed E-state index contributed by atoms with van der Waals surface area (Å²) in [6.45, 7) is 0. The molecule has 12 heteroatoms. The summed E-state index contributed by atoms with van der Waals surface area (Å²) >= 11 is 0. The molecule has 1 aromatic heterocycles. The van der Waals surface area contributed by atoms with Gasteiger partial charge in [-0.1, -0.05) is 0 Å². The molecular formula is C7H14N3Na2O6P. The standard InChI is InChI=1S/C7H12N3O6P.2Na.2H/c1-15-7(16-4-17(12,13)14)10-3-2-5(8)9-6(10)11;;;;/h2-3,7H,4H2,1H3,(H2,8,9,11)(H2,12,13,14);;;;/q;2*+1;2*-1. The minimum absolute atomic E-state index is 0. The molecular weight excluding hydrogens is 299 g/mol. The van der Waals surface area contributed by atoms with Crippen LogP contribution < -0.4 is 70.5 Å². The van der Waals surface area contributed by atoms with Gasteiger partial charge in [-0.25, -0.2) is 9.36 Å². The first-order valence-electron chi connectivity index (χ1n) is 4.37. The van der Waals surface area contributed by atoms with Crippen LogP contribution in [-0.2, 0) is 14.0 Å². The fourth-order valence-electron chi connectivity index (χ4n) is 1.01. The summed E-state index contributed by atoms with van der Waals surface area (Å²) in [6.07, 6.45) is -0.899. The van der Waals surface area contributed by atoms with Crippen LogP contribution in [0.5, 0.6) is 0 Å². The van der Waals surface area contributed by atoms with Crippen molar-refractivity contribution in [1.82, 2.24) is 9.55 Å². The zero-order valence-electron chi connectivity index (χ0n) is 12.9. The molecule has 0 aliphatic rings. The number of hydrogen-bond donors (Lipinski definition) is 3. The topological polar surface area (TPSA) is 137 Å². The van der Waals surface area contributed by atoms with E-state index in [-0.39, 0.29) is 67.8 Å². The number of nitrogen functional groups attached to an aromatic ring is 1. The number of nitrogens with two attached hydrogens (primary N) is 1. The van der Waals surface area contributed by atoms with E-state index in [9.17, 15) is 9.36 Å². The van der Waals surface area contributed by atoms with Gasteiger partial charge in [-0.05, 0) is 6.07 Å². The minimum Gasteiger partial charge on any atom is -1.00 e. The summed E-state index contributed by atoms with van der Waals surface area (Å²) < 4.78 is 21.0. The van der Waals surface area contributed by atoms with Crippen molar-refractivity contribution in [2.75, 3.05) is 19.2 Å². The third-order valence-electron chi connectivity index (χ3n) is 1.67. The second-order valence-electron chi connectivity index (χ2n) is 3.05. The Morgan fingerprint density at radius 2 is 2.16 bits per heavy atom. The molecule has 0 bridgehead atoms. The number of anilines is 1. The SMILES string of the molecule is COC(OCP(=O)(O)O)n1ccc(N)nc1=O.[H-].[H-].[Na+].[Na+]. The average molecular weight is 313 g/mol. The predicted molar refractivity (Wildman–Crippen MR) is 59.2 cm³/mol. The number of rotatable bonds is 5. The van der Waals surface area contributed by atoms with Gasteiger partial charge in [0.05, 0.1) is 0 Å². The molecule has 0 saturated heterocycles. The van der Waals surface area contributed by atoms with E-state index in [1.165, 1.54) is 19.4 Å². The van der Waals surface area contributed by atoms with Gasteiger partial charge in [0.2, 0.25) is 6.41 Å². The maximum absolute atomic E-state index is 11.4. The van der Waals surface area contributed by atoms with Gasteiger partial charge in [0.1, 0.15) is 5.82 Å². The van der Waals surface area contributed by atoms with Gasteiger partial charge in [0.15, 0.2) is 6.35 Å². The number of aromatic nitrogens is 2. The third kappa shape index (κ3) is 7.93. The van der Waals surface area contributed by atoms with Gasteiger partial charge in [0, 0.05) is 13.3 Å². The molecule has 9 nitrogen and oxygen atoms in total. The molecule has 1 unspecified atom stereocenters. The summed E-state index contributed by atoms with van der Waals surface area (Å²) in [5.74, 6) is 0.0242. The summed E-state index contributed by atoms with van der Waals surface area (Å²) in [7, 11) is -3.13. The Bertz CT molecular complexity index is 501. The van der Waals surface area contributed by atoms with Crippen molar-refractivity contribution in [2.24, 2.45) is 0 Å². The second kappa shape index (κ2) is 9.64. The average Bonchev–Trinajstić information content (AvgIpc) is 2.19. The van der Waals surface area contributed by atoms with E-state index < -0.39 is 26.0 Å². The molecule has 0 amide bonds. The van der Waals surface area contributed by atoms with Crippen molar-refractivity contribution in [3.8, 4) is 0 Å². The molecule has 0 radical (unpaired) electrons. The van der Waals surface area contributed by atoms with Crippen LogP contribution >= 0.6 is 7.60 Å². The van der Waals surface area contributed by atoms with Crippen LogP contribution in [0.3, 0.4) is 0 Å². The van der Waals surface area contributed by atoms with Crippen molar-refractivity contribution in [1.29, 1.82) is 0 Å². The van der Waals surface area contributed by atoms with Gasteiger partial charge >= 0.3 is 72.4 Å². The smallest absolute Gasteiger partial charge is 1.00 e. The van der Waals surface area contributed by atoms with Crippen LogP contribution in [0, 0.1) is 0 Å². The monoisotopic (exact) mass is 313 g/mol. The zero-order chi connectivity index (χ0) is 13.1. The van der Waals surface area contributed by atoms with E-state index in [4.69, 9.17) is 25.0 Å². The first-order chi connectivity index (χ1) is 7.83. The zero-order valence-corrected chi connectivity index (χ0v) is 15.8. The van der Waals surface area contributed by atoms with Crippen molar-refractivity contribution < 1.29 is 85.8 Å². The van der Waals surface area contributed by atoms with Gasteiger partial charge in [-0.3, -0.25) is 4.57 Å². The predicted octanol–water partition coefficient (Wildman–Crippen LogP) is -6.69. The number of methoxy groups -OCH3 is 1. The fraction of sp³-hybridized carbons (Fsp3) is 0.429. The molecule has 100 valence electrons. The minimum atomic E-state index is -4.34. The van der Waals surface area contributed by atoms with Crippen molar-refractivity contribution in [3.63, 3.8) is 0 Å². The molecule has 4 N–H and O–H groups in total. The normalized spacial score (nSPS) is 12.2. The van der Waals surface area contributed by atoms with Crippen LogP contribution in [0.4, 0.5) is 5.82 Å². The third-order valence-corrected chi connectivity index (χ3v) is 2.15. The molecule has 0 saturated carbocycles. The van der Waals surface area contributed by atoms with Crippen LogP contribution in [-0.4, -0.2) is 32.8 Å². The summed E-state index contributed by atoms with van der Waals surface area (Å²) in [5.41, 5.74) is 4.53. The van der Waals surface area contributed by atoms with Crippen LogP contribution in [0.2, 0.25) is 0 Å². The fourth-order valence-corrected chi connectivity index (χ4v) is 1.33. The summed E-state index contributed by atoms with van der Waals surface area (Å²) in [5, 5.41) is 0. The first-order valence-corrected chi connectivity index (χ1v) is 6.17. The quantitative estimate of drug-likeness (QED) is 0.277. The molecule has 0 spiro atoms. The van der Waals surface area contributed by atoms with Crippen molar-refractivity contribution >= 4 is 13.4 Å². The Morgan fingerprint density at radius 1 is 1.58 bits per heavy atom. The largest absolute Gasteiger partial charge is 1.00 e. The Hall–Kier alpha value is 0.750. The van der Waals surface area contributed by atoms with Crippen molar-refractivity contribution in [3.05, 3.63) is 22.7 Å². The molecule has 1 atom stereocenters. The number of nitrogens with zero attached hydrogens (tertiary/aromatic N) is 2. The van der Waals surface area contributed by atoms with Gasteiger partial charge < -0.3 is 27.8 Å². The number of hydrogen-bond acceptors (Lipinski definition) is 6. The molecule has 1 rings (SSSR count). The van der Waals surface area contributed by atoms with E-state index in [1.807, 2.05) is 0 Å². The van der Waals surface area contributed by atoms with E-state index in [0.29, 0.717) is 0 Å². The van der Waals surface area contributed by atoms with E-state index in [1.54, 1.807) is 0 Å². The number of ether oxygens (including phenoxy) is 2. The van der Waals surface area contributed by atoms with Gasteiger partial charge in [0.25, 0.3) is 0 Å². The van der Waals surface area contributed by atoms with Crippen LogP contribution in [0.25, 0.3) is 0 Å². The Balaban J connectivity index is -0.000000361. The molecule has 0 aliphatic heterocycles. The second-order valence-corrected chi connectivity index (χ2v) is 4.63. The van der Waals surface area contributed by atoms with Crippen molar-refractivity contribution in [2.45, 2.75) is 6.41 Å². The summed E-state index contributed by atoms with van der Waals surface area (Å²) in [6, 6.07) is 1.33. The van der Waals surface area contributed by atoms with Gasteiger partial charge in [-0.15, -0.1) is 0 Å². The van der Waals surface area contributed by atoms with E-state index in [0.717, 1.165) is 4.57 Å². The Kier molecular flexibility index (Phi) is 11.2. The molecule has 1 aromatic rings. The van der Waals surface area contributed by atoms with E-state index >= 15 is 0 Å². The van der Waals surface area contributed by atoms with Crippen LogP contribution in [0.15, 0.2) is 17.1 Å². The first kappa shape index (κ1) is 22.0. The molecule has 0 fully saturated rings. The molecule has 1 heterocycles. The maximum Gasteiger partial charge on any atom is 1.00 e. The molecule has 19 heavy (non-hydrogen) atoms. The Labute approximate surface area is 156 Å². The Morgan fingerprint density at radius 3 is 2.58 bits per heavy atom. The van der Waals surface area contributed by atoms with E-state index in [2.05, 4.69) is 4.98 Å². The van der Waals surface area contributed by atoms with Crippen LogP contribution in [0.1, 0.15) is 9.27 Å². The summed E-state index contributed by atoms with van der Waals surface area (Å²) in [4.78, 5) is 32.1. The maximum atomic E-state index is 11.4. The molecule has 0 aromatic carbocycles. The van der Waals surface area contributed by atoms with Gasteiger partial charge in [-0.2, -0.15) is 4.98 Å².